The molecule has 2 N–H and O–H groups in total. The van der Waals surface area contributed by atoms with E-state index in [-0.39, 0.29) is 0 Å². The summed E-state index contributed by atoms with van der Waals surface area (Å²) in [5.74, 6) is 0. The lowest BCUT2D eigenvalue weighted by atomic mass is 10.0. The maximum absolute atomic E-state index is 6.10. The molecule has 1 aliphatic rings. The zero-order valence-electron chi connectivity index (χ0n) is 14.0. The molecular weight excluding hydrogens is 262 g/mol. The summed E-state index contributed by atoms with van der Waals surface area (Å²) < 4.78 is 1.92. The highest BCUT2D eigenvalue weighted by Gasteiger charge is 2.27. The van der Waals surface area contributed by atoms with Gasteiger partial charge in [-0.05, 0) is 19.8 Å². The number of piperazine rings is 1. The van der Waals surface area contributed by atoms with Gasteiger partial charge in [-0.1, -0.05) is 13.8 Å². The SMILES string of the molecule is CCc1nn(C)cc1C(CN)N1CCN(C(C)CC)CC1. The maximum Gasteiger partial charge on any atom is 0.0670 e. The van der Waals surface area contributed by atoms with Gasteiger partial charge in [0.15, 0.2) is 0 Å². The van der Waals surface area contributed by atoms with E-state index in [4.69, 9.17) is 5.73 Å². The average molecular weight is 293 g/mol. The molecule has 0 bridgehead atoms. The first-order chi connectivity index (χ1) is 10.1. The van der Waals surface area contributed by atoms with E-state index in [2.05, 4.69) is 41.9 Å². The normalized spacial score (nSPS) is 20.6. The van der Waals surface area contributed by atoms with Gasteiger partial charge in [-0.3, -0.25) is 14.5 Å². The van der Waals surface area contributed by atoms with Crippen LogP contribution in [0.15, 0.2) is 6.20 Å². The van der Waals surface area contributed by atoms with Gasteiger partial charge in [0.1, 0.15) is 0 Å². The molecule has 0 saturated carbocycles. The summed E-state index contributed by atoms with van der Waals surface area (Å²) in [5, 5.41) is 4.57. The minimum absolute atomic E-state index is 0.313. The van der Waals surface area contributed by atoms with Gasteiger partial charge in [-0.2, -0.15) is 5.10 Å². The third kappa shape index (κ3) is 3.65. The highest BCUT2D eigenvalue weighted by atomic mass is 15.3. The van der Waals surface area contributed by atoms with Crippen molar-refractivity contribution in [2.24, 2.45) is 12.8 Å². The van der Waals surface area contributed by atoms with Crippen LogP contribution in [0, 0.1) is 0 Å². The Kier molecular flexibility index (Phi) is 5.79. The van der Waals surface area contributed by atoms with E-state index in [1.165, 1.54) is 17.7 Å². The fourth-order valence-electron chi connectivity index (χ4n) is 3.33. The summed E-state index contributed by atoms with van der Waals surface area (Å²) in [6.07, 6.45) is 4.35. The highest BCUT2D eigenvalue weighted by Crippen LogP contribution is 2.24. The van der Waals surface area contributed by atoms with Gasteiger partial charge in [-0.25, -0.2) is 0 Å². The van der Waals surface area contributed by atoms with Crippen LogP contribution in [0.25, 0.3) is 0 Å². The van der Waals surface area contributed by atoms with Crippen molar-refractivity contribution in [2.45, 2.75) is 45.7 Å². The van der Waals surface area contributed by atoms with Gasteiger partial charge in [0.2, 0.25) is 0 Å². The second-order valence-electron chi connectivity index (χ2n) is 6.14. The smallest absolute Gasteiger partial charge is 0.0670 e. The van der Waals surface area contributed by atoms with Crippen molar-refractivity contribution in [1.82, 2.24) is 19.6 Å². The molecule has 1 aromatic rings. The molecule has 2 rings (SSSR count). The second-order valence-corrected chi connectivity index (χ2v) is 6.14. The minimum atomic E-state index is 0.313. The topological polar surface area (TPSA) is 50.3 Å². The Morgan fingerprint density at radius 1 is 1.19 bits per heavy atom. The Labute approximate surface area is 129 Å². The lowest BCUT2D eigenvalue weighted by Crippen LogP contribution is -2.51. The number of hydrogen-bond donors (Lipinski definition) is 1. The molecule has 0 radical (unpaired) electrons. The van der Waals surface area contributed by atoms with Crippen molar-refractivity contribution < 1.29 is 0 Å². The summed E-state index contributed by atoms with van der Waals surface area (Å²) in [6, 6.07) is 1.00. The molecule has 5 heteroatoms. The Morgan fingerprint density at radius 2 is 1.81 bits per heavy atom. The van der Waals surface area contributed by atoms with Gasteiger partial charge in [0.05, 0.1) is 11.7 Å². The monoisotopic (exact) mass is 293 g/mol. The molecule has 1 saturated heterocycles. The molecule has 120 valence electrons. The Bertz CT molecular complexity index is 434. The van der Waals surface area contributed by atoms with Crippen molar-refractivity contribution in [2.75, 3.05) is 32.7 Å². The molecule has 0 aliphatic carbocycles. The fraction of sp³-hybridized carbons (Fsp3) is 0.812. The predicted molar refractivity (Wildman–Crippen MR) is 87.3 cm³/mol. The van der Waals surface area contributed by atoms with E-state index in [1.807, 2.05) is 11.7 Å². The van der Waals surface area contributed by atoms with Gasteiger partial charge in [0, 0.05) is 57.6 Å². The van der Waals surface area contributed by atoms with Gasteiger partial charge in [-0.15, -0.1) is 0 Å². The number of aromatic nitrogens is 2. The summed E-state index contributed by atoms with van der Waals surface area (Å²) in [5.41, 5.74) is 8.61. The van der Waals surface area contributed by atoms with Gasteiger partial charge < -0.3 is 5.73 Å². The van der Waals surface area contributed by atoms with Crippen LogP contribution in [0.3, 0.4) is 0 Å². The number of nitrogens with two attached hydrogens (primary N) is 1. The molecule has 2 unspecified atom stereocenters. The van der Waals surface area contributed by atoms with Crippen LogP contribution in [-0.4, -0.2) is 58.3 Å². The molecule has 1 fully saturated rings. The van der Waals surface area contributed by atoms with E-state index in [9.17, 15) is 0 Å². The van der Waals surface area contributed by atoms with Crippen molar-refractivity contribution >= 4 is 0 Å². The van der Waals surface area contributed by atoms with Crippen molar-refractivity contribution in [3.05, 3.63) is 17.5 Å². The second kappa shape index (κ2) is 7.38. The summed E-state index contributed by atoms with van der Waals surface area (Å²) in [4.78, 5) is 5.13. The van der Waals surface area contributed by atoms with Crippen molar-refractivity contribution in [1.29, 1.82) is 0 Å². The third-order valence-corrected chi connectivity index (χ3v) is 4.86. The molecule has 2 atom stereocenters. The largest absolute Gasteiger partial charge is 0.329 e. The zero-order valence-corrected chi connectivity index (χ0v) is 14.0. The van der Waals surface area contributed by atoms with Crippen LogP contribution in [0.1, 0.15) is 44.5 Å². The molecule has 2 heterocycles. The highest BCUT2D eigenvalue weighted by molar-refractivity contribution is 5.22. The molecule has 0 aromatic carbocycles. The summed E-state index contributed by atoms with van der Waals surface area (Å²) in [6.45, 7) is 11.9. The third-order valence-electron chi connectivity index (χ3n) is 4.86. The first-order valence-electron chi connectivity index (χ1n) is 8.31. The predicted octanol–water partition coefficient (Wildman–Crippen LogP) is 1.40. The number of hydrogen-bond acceptors (Lipinski definition) is 4. The molecule has 21 heavy (non-hydrogen) atoms. The van der Waals surface area contributed by atoms with Crippen LogP contribution < -0.4 is 5.73 Å². The van der Waals surface area contributed by atoms with Crippen molar-refractivity contribution in [3.63, 3.8) is 0 Å². The Morgan fingerprint density at radius 3 is 2.33 bits per heavy atom. The standard InChI is InChI=1S/C16H31N5/c1-5-13(3)20-7-9-21(10-8-20)16(11-17)14-12-19(4)18-15(14)6-2/h12-13,16H,5-11,17H2,1-4H3. The molecule has 1 aromatic heterocycles. The minimum Gasteiger partial charge on any atom is -0.329 e. The first-order valence-corrected chi connectivity index (χ1v) is 8.31. The van der Waals surface area contributed by atoms with Crippen molar-refractivity contribution in [3.8, 4) is 0 Å². The lowest BCUT2D eigenvalue weighted by molar-refractivity contribution is 0.0741. The van der Waals surface area contributed by atoms with Crippen LogP contribution in [0.5, 0.6) is 0 Å². The van der Waals surface area contributed by atoms with Crippen LogP contribution >= 0.6 is 0 Å². The van der Waals surface area contributed by atoms with Crippen LogP contribution in [0.2, 0.25) is 0 Å². The van der Waals surface area contributed by atoms with E-state index in [1.54, 1.807) is 0 Å². The molecule has 0 spiro atoms. The summed E-state index contributed by atoms with van der Waals surface area (Å²) >= 11 is 0. The Balaban J connectivity index is 2.06. The fourth-order valence-corrected chi connectivity index (χ4v) is 3.33. The number of aryl methyl sites for hydroxylation is 2. The van der Waals surface area contributed by atoms with E-state index < -0.39 is 0 Å². The van der Waals surface area contributed by atoms with Gasteiger partial charge in [0.25, 0.3) is 0 Å². The van der Waals surface area contributed by atoms with E-state index >= 15 is 0 Å². The number of rotatable bonds is 6. The maximum atomic E-state index is 6.10. The van der Waals surface area contributed by atoms with Gasteiger partial charge >= 0.3 is 0 Å². The molecule has 1 aliphatic heterocycles. The van der Waals surface area contributed by atoms with E-state index in [0.717, 1.165) is 32.6 Å². The average Bonchev–Trinajstić information content (AvgIpc) is 2.89. The lowest BCUT2D eigenvalue weighted by Gasteiger charge is -2.41. The quantitative estimate of drug-likeness (QED) is 0.861. The Hall–Kier alpha value is -0.910. The van der Waals surface area contributed by atoms with E-state index in [0.29, 0.717) is 18.6 Å². The molecule has 0 amide bonds. The zero-order chi connectivity index (χ0) is 15.4. The van der Waals surface area contributed by atoms with Crippen LogP contribution in [-0.2, 0) is 13.5 Å². The molecule has 5 nitrogen and oxygen atoms in total. The molecular formula is C16H31N5. The summed E-state index contributed by atoms with van der Waals surface area (Å²) in [7, 11) is 2.00. The number of nitrogens with zero attached hydrogens (tertiary/aromatic N) is 4. The first kappa shape index (κ1) is 16.5. The van der Waals surface area contributed by atoms with Crippen LogP contribution in [0.4, 0.5) is 0 Å².